The van der Waals surface area contributed by atoms with E-state index in [4.69, 9.17) is 15.4 Å². The number of amides is 1. The van der Waals surface area contributed by atoms with Gasteiger partial charge < -0.3 is 14.7 Å². The standard InChI is InChI=1S/C14H26N4O4/c1-14(2,3)22-13(21)18(11-7-9-16-17-15)10-6-4-5-8-12(19)20/h4-11H2,1-3H3,(H,19,20). The molecule has 8 heteroatoms. The van der Waals surface area contributed by atoms with Gasteiger partial charge in [-0.05, 0) is 45.6 Å². The van der Waals surface area contributed by atoms with E-state index in [1.165, 1.54) is 0 Å². The van der Waals surface area contributed by atoms with E-state index in [2.05, 4.69) is 10.0 Å². The molecule has 0 aromatic carbocycles. The van der Waals surface area contributed by atoms with Crippen LogP contribution in [0, 0.1) is 0 Å². The van der Waals surface area contributed by atoms with Gasteiger partial charge in [0.15, 0.2) is 0 Å². The Morgan fingerprint density at radius 3 is 2.36 bits per heavy atom. The second-order valence-corrected chi connectivity index (χ2v) is 5.98. The second-order valence-electron chi connectivity index (χ2n) is 5.98. The molecule has 0 aromatic heterocycles. The van der Waals surface area contributed by atoms with Crippen LogP contribution < -0.4 is 0 Å². The summed E-state index contributed by atoms with van der Waals surface area (Å²) < 4.78 is 5.34. The molecule has 0 rings (SSSR count). The number of hydrogen-bond acceptors (Lipinski definition) is 4. The van der Waals surface area contributed by atoms with Gasteiger partial charge in [-0.15, -0.1) is 0 Å². The fourth-order valence-electron chi connectivity index (χ4n) is 1.75. The Morgan fingerprint density at radius 1 is 1.18 bits per heavy atom. The maximum Gasteiger partial charge on any atom is 0.410 e. The van der Waals surface area contributed by atoms with Crippen LogP contribution in [0.25, 0.3) is 10.4 Å². The van der Waals surface area contributed by atoms with E-state index in [0.717, 1.165) is 6.42 Å². The Kier molecular flexibility index (Phi) is 9.78. The van der Waals surface area contributed by atoms with Gasteiger partial charge in [0.25, 0.3) is 0 Å². The second kappa shape index (κ2) is 10.7. The number of carboxylic acid groups (broad SMARTS) is 1. The average Bonchev–Trinajstić information content (AvgIpc) is 2.38. The van der Waals surface area contributed by atoms with Crippen LogP contribution in [0.4, 0.5) is 4.79 Å². The Labute approximate surface area is 131 Å². The summed E-state index contributed by atoms with van der Waals surface area (Å²) in [4.78, 5) is 26.8. The average molecular weight is 314 g/mol. The zero-order valence-corrected chi connectivity index (χ0v) is 13.6. The number of carboxylic acids is 1. The lowest BCUT2D eigenvalue weighted by Crippen LogP contribution is -2.38. The molecule has 8 nitrogen and oxygen atoms in total. The minimum Gasteiger partial charge on any atom is -0.481 e. The SMILES string of the molecule is CC(C)(C)OC(=O)N(CCCCCC(=O)O)CCCN=[N+]=[N-]. The molecule has 0 saturated heterocycles. The largest absolute Gasteiger partial charge is 0.481 e. The monoisotopic (exact) mass is 314 g/mol. The first-order valence-electron chi connectivity index (χ1n) is 7.47. The molecular formula is C14H26N4O4. The molecule has 0 saturated carbocycles. The molecule has 126 valence electrons. The first kappa shape index (κ1) is 20.1. The van der Waals surface area contributed by atoms with Crippen molar-refractivity contribution >= 4 is 12.1 Å². The van der Waals surface area contributed by atoms with Gasteiger partial charge in [0.2, 0.25) is 0 Å². The van der Waals surface area contributed by atoms with E-state index in [9.17, 15) is 9.59 Å². The first-order valence-corrected chi connectivity index (χ1v) is 7.47. The number of unbranched alkanes of at least 4 members (excludes halogenated alkanes) is 2. The zero-order chi connectivity index (χ0) is 17.0. The minimum absolute atomic E-state index is 0.142. The summed E-state index contributed by atoms with van der Waals surface area (Å²) in [5, 5.41) is 12.0. The third kappa shape index (κ3) is 11.8. The molecule has 0 unspecified atom stereocenters. The van der Waals surface area contributed by atoms with Crippen LogP contribution in [0.2, 0.25) is 0 Å². The molecule has 0 aliphatic rings. The van der Waals surface area contributed by atoms with Crippen LogP contribution in [0.1, 0.15) is 52.9 Å². The molecule has 0 aliphatic heterocycles. The number of ether oxygens (including phenoxy) is 1. The van der Waals surface area contributed by atoms with E-state index < -0.39 is 17.7 Å². The highest BCUT2D eigenvalue weighted by Crippen LogP contribution is 2.11. The molecule has 0 heterocycles. The van der Waals surface area contributed by atoms with Gasteiger partial charge in [0.1, 0.15) is 5.60 Å². The van der Waals surface area contributed by atoms with E-state index in [1.54, 1.807) is 25.7 Å². The third-order valence-electron chi connectivity index (χ3n) is 2.72. The minimum atomic E-state index is -0.807. The quantitative estimate of drug-likeness (QED) is 0.287. The van der Waals surface area contributed by atoms with Crippen LogP contribution in [0.5, 0.6) is 0 Å². The molecule has 0 spiro atoms. The Bertz CT molecular complexity index is 400. The van der Waals surface area contributed by atoms with Gasteiger partial charge in [-0.2, -0.15) is 0 Å². The predicted octanol–water partition coefficient (Wildman–Crippen LogP) is 3.57. The lowest BCUT2D eigenvalue weighted by molar-refractivity contribution is -0.137. The van der Waals surface area contributed by atoms with E-state index in [0.29, 0.717) is 38.9 Å². The topological polar surface area (TPSA) is 116 Å². The number of aliphatic carboxylic acids is 1. The van der Waals surface area contributed by atoms with Crippen molar-refractivity contribution in [2.75, 3.05) is 19.6 Å². The van der Waals surface area contributed by atoms with Crippen molar-refractivity contribution in [1.82, 2.24) is 4.90 Å². The van der Waals surface area contributed by atoms with Crippen LogP contribution in [0.3, 0.4) is 0 Å². The van der Waals surface area contributed by atoms with Gasteiger partial charge in [0.05, 0.1) is 0 Å². The number of carbonyl (C=O) groups is 2. The van der Waals surface area contributed by atoms with Gasteiger partial charge in [-0.25, -0.2) is 4.79 Å². The van der Waals surface area contributed by atoms with Crippen LogP contribution in [-0.2, 0) is 9.53 Å². The first-order chi connectivity index (χ1) is 10.3. The molecule has 0 aromatic rings. The summed E-state index contributed by atoms with van der Waals surface area (Å²) in [7, 11) is 0. The molecule has 1 amide bonds. The van der Waals surface area contributed by atoms with Crippen molar-refractivity contribution in [2.24, 2.45) is 5.11 Å². The molecule has 1 N–H and O–H groups in total. The van der Waals surface area contributed by atoms with E-state index in [1.807, 2.05) is 0 Å². The van der Waals surface area contributed by atoms with Crippen LogP contribution in [0.15, 0.2) is 5.11 Å². The molecule has 0 radical (unpaired) electrons. The molecule has 0 aliphatic carbocycles. The van der Waals surface area contributed by atoms with Gasteiger partial charge in [0, 0.05) is 31.0 Å². The molecular weight excluding hydrogens is 288 g/mol. The van der Waals surface area contributed by atoms with Gasteiger partial charge >= 0.3 is 12.1 Å². The zero-order valence-electron chi connectivity index (χ0n) is 13.6. The summed E-state index contributed by atoms with van der Waals surface area (Å²) in [6.07, 6.45) is 2.36. The number of azide groups is 1. The lowest BCUT2D eigenvalue weighted by Gasteiger charge is -2.27. The lowest BCUT2D eigenvalue weighted by atomic mass is 10.2. The number of nitrogens with zero attached hydrogens (tertiary/aromatic N) is 4. The van der Waals surface area contributed by atoms with Crippen molar-refractivity contribution in [2.45, 2.75) is 58.5 Å². The summed E-state index contributed by atoms with van der Waals surface area (Å²) in [6.45, 7) is 6.69. The molecule has 0 atom stereocenters. The summed E-state index contributed by atoms with van der Waals surface area (Å²) in [6, 6.07) is 0. The highest BCUT2D eigenvalue weighted by atomic mass is 16.6. The summed E-state index contributed by atoms with van der Waals surface area (Å²) in [5.41, 5.74) is 7.68. The van der Waals surface area contributed by atoms with Gasteiger partial charge in [-0.1, -0.05) is 11.5 Å². The fourth-order valence-corrected chi connectivity index (χ4v) is 1.75. The van der Waals surface area contributed by atoms with Gasteiger partial charge in [-0.3, -0.25) is 4.79 Å². The van der Waals surface area contributed by atoms with E-state index in [-0.39, 0.29) is 6.42 Å². The Morgan fingerprint density at radius 2 is 1.82 bits per heavy atom. The predicted molar refractivity (Wildman–Crippen MR) is 82.5 cm³/mol. The van der Waals surface area contributed by atoms with Crippen molar-refractivity contribution in [3.63, 3.8) is 0 Å². The smallest absolute Gasteiger partial charge is 0.410 e. The normalized spacial score (nSPS) is 10.7. The van der Waals surface area contributed by atoms with Crippen molar-refractivity contribution in [3.8, 4) is 0 Å². The van der Waals surface area contributed by atoms with Crippen molar-refractivity contribution in [3.05, 3.63) is 10.4 Å². The fraction of sp³-hybridized carbons (Fsp3) is 0.857. The van der Waals surface area contributed by atoms with Crippen LogP contribution in [-0.4, -0.2) is 47.3 Å². The van der Waals surface area contributed by atoms with E-state index >= 15 is 0 Å². The Hall–Kier alpha value is -1.95. The molecule has 0 fully saturated rings. The number of carbonyl (C=O) groups excluding carboxylic acids is 1. The number of hydrogen-bond donors (Lipinski definition) is 1. The molecule has 0 bridgehead atoms. The third-order valence-corrected chi connectivity index (χ3v) is 2.72. The highest BCUT2D eigenvalue weighted by molar-refractivity contribution is 5.68. The van der Waals surface area contributed by atoms with Crippen molar-refractivity contribution in [1.29, 1.82) is 0 Å². The Balaban J connectivity index is 4.29. The molecule has 22 heavy (non-hydrogen) atoms. The van der Waals surface area contributed by atoms with Crippen molar-refractivity contribution < 1.29 is 19.4 Å². The highest BCUT2D eigenvalue weighted by Gasteiger charge is 2.21. The summed E-state index contributed by atoms with van der Waals surface area (Å²) in [5.74, 6) is -0.807. The van der Waals surface area contributed by atoms with Crippen LogP contribution >= 0.6 is 0 Å². The maximum atomic E-state index is 12.1. The number of rotatable bonds is 10. The maximum absolute atomic E-state index is 12.1. The summed E-state index contributed by atoms with van der Waals surface area (Å²) >= 11 is 0.